The standard InChI is InChI=1S/C15H31N3O2S/c1-4-20-11-7-10-17-15(16-3)18-13-8-6-9-14(12-13)21(19)5-2/h13-14H,4-12H2,1-3H3,(H2,16,17,18). The Bertz CT molecular complexity index is 337. The van der Waals surface area contributed by atoms with Crippen molar-refractivity contribution in [1.29, 1.82) is 0 Å². The molecule has 2 N–H and O–H groups in total. The molecule has 0 bridgehead atoms. The lowest BCUT2D eigenvalue weighted by atomic mass is 9.95. The number of aliphatic imine (C=N–C) groups is 1. The molecule has 124 valence electrons. The quantitative estimate of drug-likeness (QED) is 0.406. The number of guanidine groups is 1. The van der Waals surface area contributed by atoms with Gasteiger partial charge in [-0.2, -0.15) is 0 Å². The van der Waals surface area contributed by atoms with E-state index in [0.29, 0.717) is 11.3 Å². The molecule has 0 aromatic heterocycles. The molecule has 3 unspecified atom stereocenters. The number of nitrogens with zero attached hydrogens (tertiary/aromatic N) is 1. The summed E-state index contributed by atoms with van der Waals surface area (Å²) in [5.74, 6) is 1.61. The van der Waals surface area contributed by atoms with E-state index in [4.69, 9.17) is 4.74 Å². The Balaban J connectivity index is 2.30. The summed E-state index contributed by atoms with van der Waals surface area (Å²) < 4.78 is 17.3. The lowest BCUT2D eigenvalue weighted by Crippen LogP contribution is -2.46. The topological polar surface area (TPSA) is 62.7 Å². The zero-order chi connectivity index (χ0) is 15.5. The fourth-order valence-corrected chi connectivity index (χ4v) is 4.01. The van der Waals surface area contributed by atoms with E-state index in [2.05, 4.69) is 15.6 Å². The van der Waals surface area contributed by atoms with Gasteiger partial charge in [0.2, 0.25) is 0 Å². The molecular formula is C15H31N3O2S. The van der Waals surface area contributed by atoms with Crippen molar-refractivity contribution in [3.8, 4) is 0 Å². The molecule has 0 spiro atoms. The summed E-state index contributed by atoms with van der Waals surface area (Å²) in [6, 6.07) is 0.386. The second-order valence-corrected chi connectivity index (χ2v) is 7.35. The van der Waals surface area contributed by atoms with Crippen molar-refractivity contribution < 1.29 is 8.95 Å². The molecule has 0 radical (unpaired) electrons. The van der Waals surface area contributed by atoms with Crippen LogP contribution in [-0.2, 0) is 15.5 Å². The van der Waals surface area contributed by atoms with Crippen LogP contribution in [0.5, 0.6) is 0 Å². The fourth-order valence-electron chi connectivity index (χ4n) is 2.66. The van der Waals surface area contributed by atoms with Gasteiger partial charge < -0.3 is 15.4 Å². The number of nitrogens with one attached hydrogen (secondary N) is 2. The molecule has 0 aliphatic heterocycles. The predicted octanol–water partition coefficient (Wildman–Crippen LogP) is 1.66. The van der Waals surface area contributed by atoms with E-state index >= 15 is 0 Å². The lowest BCUT2D eigenvalue weighted by molar-refractivity contribution is 0.145. The molecule has 0 amide bonds. The third kappa shape index (κ3) is 7.27. The van der Waals surface area contributed by atoms with Crippen molar-refractivity contribution in [2.45, 2.75) is 57.2 Å². The largest absolute Gasteiger partial charge is 0.382 e. The molecule has 0 aromatic carbocycles. The zero-order valence-corrected chi connectivity index (χ0v) is 14.5. The molecule has 6 heteroatoms. The Morgan fingerprint density at radius 2 is 2.19 bits per heavy atom. The molecule has 1 rings (SSSR count). The number of rotatable bonds is 8. The van der Waals surface area contributed by atoms with Gasteiger partial charge in [0.05, 0.1) is 0 Å². The summed E-state index contributed by atoms with van der Waals surface area (Å²) in [5.41, 5.74) is 0. The molecule has 0 aromatic rings. The Kier molecular flexibility index (Phi) is 9.67. The van der Waals surface area contributed by atoms with Crippen molar-refractivity contribution in [2.75, 3.05) is 32.6 Å². The van der Waals surface area contributed by atoms with E-state index in [1.807, 2.05) is 13.8 Å². The normalized spacial score (nSPS) is 24.6. The third-order valence-corrected chi connectivity index (χ3v) is 5.55. The average Bonchev–Trinajstić information content (AvgIpc) is 2.53. The van der Waals surface area contributed by atoms with Gasteiger partial charge in [-0.1, -0.05) is 13.3 Å². The predicted molar refractivity (Wildman–Crippen MR) is 90.3 cm³/mol. The van der Waals surface area contributed by atoms with Crippen LogP contribution >= 0.6 is 0 Å². The molecule has 1 aliphatic rings. The second-order valence-electron chi connectivity index (χ2n) is 5.35. The first-order valence-corrected chi connectivity index (χ1v) is 9.51. The van der Waals surface area contributed by atoms with Gasteiger partial charge in [0, 0.05) is 54.7 Å². The van der Waals surface area contributed by atoms with Gasteiger partial charge in [-0.05, 0) is 32.6 Å². The van der Waals surface area contributed by atoms with Gasteiger partial charge in [0.25, 0.3) is 0 Å². The maximum Gasteiger partial charge on any atom is 0.191 e. The lowest BCUT2D eigenvalue weighted by Gasteiger charge is -2.30. The van der Waals surface area contributed by atoms with Gasteiger partial charge >= 0.3 is 0 Å². The Morgan fingerprint density at radius 1 is 1.38 bits per heavy atom. The molecule has 3 atom stereocenters. The number of ether oxygens (including phenoxy) is 1. The molecule has 5 nitrogen and oxygen atoms in total. The van der Waals surface area contributed by atoms with E-state index in [1.165, 1.54) is 0 Å². The van der Waals surface area contributed by atoms with E-state index in [-0.39, 0.29) is 0 Å². The van der Waals surface area contributed by atoms with E-state index in [1.54, 1.807) is 7.05 Å². The molecule has 0 heterocycles. The number of hydrogen-bond acceptors (Lipinski definition) is 3. The SMILES string of the molecule is CCOCCCNC(=NC)NC1CCCC(S(=O)CC)C1. The van der Waals surface area contributed by atoms with Gasteiger partial charge in [0.15, 0.2) is 5.96 Å². The van der Waals surface area contributed by atoms with Crippen LogP contribution in [0.2, 0.25) is 0 Å². The third-order valence-electron chi connectivity index (χ3n) is 3.81. The summed E-state index contributed by atoms with van der Waals surface area (Å²) in [6.45, 7) is 6.42. The molecule has 1 fully saturated rings. The fraction of sp³-hybridized carbons (Fsp3) is 0.933. The van der Waals surface area contributed by atoms with E-state index in [9.17, 15) is 4.21 Å². The molecular weight excluding hydrogens is 286 g/mol. The highest BCUT2D eigenvalue weighted by Crippen LogP contribution is 2.22. The number of hydrogen-bond donors (Lipinski definition) is 2. The van der Waals surface area contributed by atoms with Crippen LogP contribution in [-0.4, -0.2) is 54.0 Å². The van der Waals surface area contributed by atoms with Crippen LogP contribution in [0.4, 0.5) is 0 Å². The molecule has 1 aliphatic carbocycles. The average molecular weight is 317 g/mol. The van der Waals surface area contributed by atoms with Crippen LogP contribution in [0.1, 0.15) is 46.0 Å². The van der Waals surface area contributed by atoms with Crippen LogP contribution in [0.3, 0.4) is 0 Å². The summed E-state index contributed by atoms with van der Waals surface area (Å²) in [5, 5.41) is 7.13. The van der Waals surface area contributed by atoms with Gasteiger partial charge in [0.1, 0.15) is 0 Å². The van der Waals surface area contributed by atoms with Crippen LogP contribution in [0, 0.1) is 0 Å². The highest BCUT2D eigenvalue weighted by Gasteiger charge is 2.25. The summed E-state index contributed by atoms with van der Waals surface area (Å²) in [4.78, 5) is 4.27. The van der Waals surface area contributed by atoms with Crippen molar-refractivity contribution in [3.63, 3.8) is 0 Å². The summed E-state index contributed by atoms with van der Waals surface area (Å²) in [6.07, 6.45) is 5.34. The molecule has 21 heavy (non-hydrogen) atoms. The summed E-state index contributed by atoms with van der Waals surface area (Å²) >= 11 is 0. The van der Waals surface area contributed by atoms with E-state index < -0.39 is 10.8 Å². The molecule has 0 saturated heterocycles. The van der Waals surface area contributed by atoms with Gasteiger partial charge in [-0.15, -0.1) is 0 Å². The maximum atomic E-state index is 12.0. The highest BCUT2D eigenvalue weighted by molar-refractivity contribution is 7.85. The minimum atomic E-state index is -0.677. The Morgan fingerprint density at radius 3 is 2.86 bits per heavy atom. The first-order chi connectivity index (χ1) is 10.2. The minimum Gasteiger partial charge on any atom is -0.382 e. The molecule has 1 saturated carbocycles. The zero-order valence-electron chi connectivity index (χ0n) is 13.7. The van der Waals surface area contributed by atoms with Gasteiger partial charge in [-0.3, -0.25) is 9.20 Å². The monoisotopic (exact) mass is 317 g/mol. The first kappa shape index (κ1) is 18.4. The van der Waals surface area contributed by atoms with Crippen LogP contribution in [0.15, 0.2) is 4.99 Å². The van der Waals surface area contributed by atoms with Crippen molar-refractivity contribution in [1.82, 2.24) is 10.6 Å². The second kappa shape index (κ2) is 11.0. The Hall–Kier alpha value is -0.620. The highest BCUT2D eigenvalue weighted by atomic mass is 32.2. The van der Waals surface area contributed by atoms with E-state index in [0.717, 1.165) is 63.6 Å². The van der Waals surface area contributed by atoms with Crippen LogP contribution < -0.4 is 10.6 Å². The van der Waals surface area contributed by atoms with Crippen molar-refractivity contribution in [3.05, 3.63) is 0 Å². The van der Waals surface area contributed by atoms with Gasteiger partial charge in [-0.25, -0.2) is 0 Å². The van der Waals surface area contributed by atoms with Crippen molar-refractivity contribution in [2.24, 2.45) is 4.99 Å². The minimum absolute atomic E-state index is 0.345. The maximum absolute atomic E-state index is 12.0. The van der Waals surface area contributed by atoms with Crippen molar-refractivity contribution >= 4 is 16.8 Å². The summed E-state index contributed by atoms with van der Waals surface area (Å²) in [7, 11) is 1.12. The smallest absolute Gasteiger partial charge is 0.191 e. The van der Waals surface area contributed by atoms with Crippen LogP contribution in [0.25, 0.3) is 0 Å². The Labute approximate surface area is 131 Å². The first-order valence-electron chi connectivity index (χ1n) is 8.13.